The van der Waals surface area contributed by atoms with E-state index in [0.29, 0.717) is 38.8 Å². The molecule has 0 fully saturated rings. The summed E-state index contributed by atoms with van der Waals surface area (Å²) >= 11 is 0. The minimum Gasteiger partial charge on any atom is -0.461 e. The molecule has 0 aliphatic heterocycles. The van der Waals surface area contributed by atoms with E-state index in [9.17, 15) is 14.4 Å². The Morgan fingerprint density at radius 1 is 0.912 bits per heavy atom. The Hall–Kier alpha value is -2.45. The van der Waals surface area contributed by atoms with Crippen LogP contribution in [0.2, 0.25) is 0 Å². The normalized spacial score (nSPS) is 12.6. The van der Waals surface area contributed by atoms with Crippen LogP contribution in [0.4, 0.5) is 0 Å². The van der Waals surface area contributed by atoms with Crippen LogP contribution < -0.4 is 22.1 Å². The lowest BCUT2D eigenvalue weighted by Gasteiger charge is -2.21. The molecule has 6 N–H and O–H groups in total. The maximum atomic E-state index is 12.7. The molecular weight excluding hydrogens is 432 g/mol. The Morgan fingerprint density at radius 3 is 2.35 bits per heavy atom. The van der Waals surface area contributed by atoms with Gasteiger partial charge >= 0.3 is 5.97 Å². The summed E-state index contributed by atoms with van der Waals surface area (Å²) in [6, 6.07) is 8.38. The van der Waals surface area contributed by atoms with Crippen molar-refractivity contribution in [1.82, 2.24) is 10.6 Å². The predicted octanol–water partition coefficient (Wildman–Crippen LogP) is 2.93. The molecular formula is C26H44N4O4. The molecule has 0 heterocycles. The van der Waals surface area contributed by atoms with Crippen molar-refractivity contribution in [2.24, 2.45) is 11.5 Å². The van der Waals surface area contributed by atoms with Crippen molar-refractivity contribution in [2.45, 2.75) is 96.2 Å². The quantitative estimate of drug-likeness (QED) is 0.179. The second-order valence-corrected chi connectivity index (χ2v) is 8.70. The molecule has 1 aromatic rings. The third-order valence-corrected chi connectivity index (χ3v) is 5.63. The first kappa shape index (κ1) is 29.6. The molecule has 1 rings (SSSR count). The van der Waals surface area contributed by atoms with Crippen LogP contribution in [0.5, 0.6) is 0 Å². The van der Waals surface area contributed by atoms with Crippen molar-refractivity contribution in [2.75, 3.05) is 13.1 Å². The first-order valence-corrected chi connectivity index (χ1v) is 12.7. The summed E-state index contributed by atoms with van der Waals surface area (Å²) in [6.45, 7) is 3.46. The fourth-order valence-electron chi connectivity index (χ4n) is 3.50. The van der Waals surface area contributed by atoms with Gasteiger partial charge < -0.3 is 26.8 Å². The summed E-state index contributed by atoms with van der Waals surface area (Å²) < 4.78 is 5.27. The summed E-state index contributed by atoms with van der Waals surface area (Å²) in [5.74, 6) is -0.682. The van der Waals surface area contributed by atoms with Crippen LogP contribution in [0.3, 0.4) is 0 Å². The smallest absolute Gasteiger partial charge is 0.306 e. The Kier molecular flexibility index (Phi) is 16.5. The molecule has 0 aromatic heterocycles. The lowest BCUT2D eigenvalue weighted by Crippen LogP contribution is -2.51. The number of ether oxygens (including phenoxy) is 1. The van der Waals surface area contributed by atoms with Gasteiger partial charge in [-0.15, -0.1) is 0 Å². The summed E-state index contributed by atoms with van der Waals surface area (Å²) in [7, 11) is 0. The molecule has 0 aliphatic rings. The lowest BCUT2D eigenvalue weighted by atomic mass is 10.1. The first-order valence-electron chi connectivity index (χ1n) is 12.7. The number of rotatable bonds is 19. The van der Waals surface area contributed by atoms with Crippen LogP contribution in [0.25, 0.3) is 0 Å². The molecule has 0 spiro atoms. The second-order valence-electron chi connectivity index (χ2n) is 8.70. The van der Waals surface area contributed by atoms with Gasteiger partial charge in [-0.25, -0.2) is 0 Å². The third kappa shape index (κ3) is 14.0. The van der Waals surface area contributed by atoms with E-state index in [1.165, 1.54) is 0 Å². The molecule has 0 bridgehead atoms. The van der Waals surface area contributed by atoms with E-state index in [2.05, 4.69) is 17.6 Å². The molecule has 34 heavy (non-hydrogen) atoms. The maximum absolute atomic E-state index is 12.7. The molecule has 0 aliphatic carbocycles. The van der Waals surface area contributed by atoms with Gasteiger partial charge in [-0.1, -0.05) is 69.4 Å². The van der Waals surface area contributed by atoms with Gasteiger partial charge in [0.15, 0.2) is 0 Å². The molecule has 0 saturated carbocycles. The van der Waals surface area contributed by atoms with Gasteiger partial charge in [-0.2, -0.15) is 0 Å². The van der Waals surface area contributed by atoms with Gasteiger partial charge in [0.05, 0.1) is 6.04 Å². The number of carbonyl (C=O) groups excluding carboxylic acids is 3. The number of nitrogens with one attached hydrogen (secondary N) is 2. The summed E-state index contributed by atoms with van der Waals surface area (Å²) in [4.78, 5) is 36.9. The molecule has 2 amide bonds. The topological polar surface area (TPSA) is 137 Å². The highest BCUT2D eigenvalue weighted by atomic mass is 16.5. The van der Waals surface area contributed by atoms with E-state index < -0.39 is 12.1 Å². The van der Waals surface area contributed by atoms with Crippen molar-refractivity contribution < 1.29 is 19.1 Å². The standard InChI is InChI=1S/C26H44N4O4/c1-2-3-6-16-23(30-25(32)22(28)15-10-11-18-27)26(33)29-19-12-5-9-17-24(31)34-20-21-13-7-4-8-14-21/h4,7-8,13-14,22-23H,2-3,5-6,9-12,15-20,27-28H2,1H3,(H,29,33)(H,30,32). The van der Waals surface area contributed by atoms with Gasteiger partial charge in [-0.3, -0.25) is 14.4 Å². The van der Waals surface area contributed by atoms with Crippen LogP contribution in [0.15, 0.2) is 30.3 Å². The zero-order chi connectivity index (χ0) is 25.0. The number of nitrogens with two attached hydrogens (primary N) is 2. The Labute approximate surface area is 204 Å². The highest BCUT2D eigenvalue weighted by Crippen LogP contribution is 2.07. The van der Waals surface area contributed by atoms with E-state index in [1.807, 2.05) is 30.3 Å². The van der Waals surface area contributed by atoms with Gasteiger partial charge in [0, 0.05) is 13.0 Å². The zero-order valence-corrected chi connectivity index (χ0v) is 20.7. The molecule has 2 atom stereocenters. The van der Waals surface area contributed by atoms with Crippen molar-refractivity contribution in [1.29, 1.82) is 0 Å². The van der Waals surface area contributed by atoms with Crippen LogP contribution in [-0.4, -0.2) is 43.0 Å². The first-order chi connectivity index (χ1) is 16.5. The van der Waals surface area contributed by atoms with Crippen molar-refractivity contribution in [3.8, 4) is 0 Å². The summed E-state index contributed by atoms with van der Waals surface area (Å²) in [5, 5.41) is 5.74. The maximum Gasteiger partial charge on any atom is 0.306 e. The fraction of sp³-hybridized carbons (Fsp3) is 0.654. The molecule has 8 nitrogen and oxygen atoms in total. The minimum absolute atomic E-state index is 0.180. The molecule has 2 unspecified atom stereocenters. The Morgan fingerprint density at radius 2 is 1.65 bits per heavy atom. The number of unbranched alkanes of at least 4 members (excludes halogenated alkanes) is 5. The molecule has 8 heteroatoms. The number of benzene rings is 1. The van der Waals surface area contributed by atoms with E-state index in [1.54, 1.807) is 0 Å². The third-order valence-electron chi connectivity index (χ3n) is 5.63. The van der Waals surface area contributed by atoms with Crippen LogP contribution >= 0.6 is 0 Å². The summed E-state index contributed by atoms with van der Waals surface area (Å²) in [5.41, 5.74) is 12.4. The number of amides is 2. The van der Waals surface area contributed by atoms with Crippen molar-refractivity contribution in [3.05, 3.63) is 35.9 Å². The molecule has 0 radical (unpaired) electrons. The van der Waals surface area contributed by atoms with E-state index in [-0.39, 0.29) is 24.4 Å². The van der Waals surface area contributed by atoms with Crippen LogP contribution in [-0.2, 0) is 25.7 Å². The van der Waals surface area contributed by atoms with Crippen molar-refractivity contribution in [3.63, 3.8) is 0 Å². The van der Waals surface area contributed by atoms with E-state index in [0.717, 1.165) is 50.5 Å². The van der Waals surface area contributed by atoms with E-state index >= 15 is 0 Å². The number of carbonyl (C=O) groups is 3. The number of esters is 1. The minimum atomic E-state index is -0.630. The number of hydrogen-bond donors (Lipinski definition) is 4. The van der Waals surface area contributed by atoms with Gasteiger partial charge in [0.25, 0.3) is 0 Å². The highest BCUT2D eigenvalue weighted by Gasteiger charge is 2.23. The average Bonchev–Trinajstić information content (AvgIpc) is 2.84. The lowest BCUT2D eigenvalue weighted by molar-refractivity contribution is -0.145. The largest absolute Gasteiger partial charge is 0.461 e. The molecule has 0 saturated heterocycles. The Bertz CT molecular complexity index is 699. The van der Waals surface area contributed by atoms with Crippen LogP contribution in [0.1, 0.15) is 83.1 Å². The van der Waals surface area contributed by atoms with Gasteiger partial charge in [0.2, 0.25) is 11.8 Å². The van der Waals surface area contributed by atoms with E-state index in [4.69, 9.17) is 16.2 Å². The SMILES string of the molecule is CCCCCC(NC(=O)C(N)CCCCN)C(=O)NCCCCCC(=O)OCc1ccccc1. The van der Waals surface area contributed by atoms with Crippen LogP contribution in [0, 0.1) is 0 Å². The number of hydrogen-bond acceptors (Lipinski definition) is 6. The fourth-order valence-corrected chi connectivity index (χ4v) is 3.50. The monoisotopic (exact) mass is 476 g/mol. The Balaban J connectivity index is 2.28. The highest BCUT2D eigenvalue weighted by molar-refractivity contribution is 5.89. The van der Waals surface area contributed by atoms with Crippen molar-refractivity contribution >= 4 is 17.8 Å². The summed E-state index contributed by atoms with van der Waals surface area (Å²) in [6.07, 6.45) is 8.29. The molecule has 192 valence electrons. The second kappa shape index (κ2) is 18.9. The van der Waals surface area contributed by atoms with Gasteiger partial charge in [-0.05, 0) is 44.2 Å². The predicted molar refractivity (Wildman–Crippen MR) is 135 cm³/mol. The zero-order valence-electron chi connectivity index (χ0n) is 20.7. The molecule has 1 aromatic carbocycles. The average molecular weight is 477 g/mol. The van der Waals surface area contributed by atoms with Gasteiger partial charge in [0.1, 0.15) is 12.6 Å².